The molecule has 0 bridgehead atoms. The van der Waals surface area contributed by atoms with E-state index in [0.717, 1.165) is 5.56 Å². The first-order valence-electron chi connectivity index (χ1n) is 8.66. The zero-order chi connectivity index (χ0) is 20.8. The van der Waals surface area contributed by atoms with Crippen LogP contribution in [0, 0.1) is 0 Å². The third-order valence-corrected chi connectivity index (χ3v) is 3.93. The van der Waals surface area contributed by atoms with Gasteiger partial charge in [0.15, 0.2) is 0 Å². The highest BCUT2D eigenvalue weighted by Crippen LogP contribution is 2.22. The van der Waals surface area contributed by atoms with Gasteiger partial charge in [0, 0.05) is 7.11 Å². The van der Waals surface area contributed by atoms with Crippen LogP contribution >= 0.6 is 12.6 Å². The van der Waals surface area contributed by atoms with E-state index >= 15 is 0 Å². The second-order valence-corrected chi connectivity index (χ2v) is 8.24. The van der Waals surface area contributed by atoms with Gasteiger partial charge in [0.05, 0.1) is 11.6 Å². The van der Waals surface area contributed by atoms with E-state index in [1.54, 1.807) is 41.7 Å². The highest BCUT2D eigenvalue weighted by molar-refractivity contribution is 7.84. The lowest BCUT2D eigenvalue weighted by Gasteiger charge is -2.33. The van der Waals surface area contributed by atoms with Crippen molar-refractivity contribution in [1.29, 1.82) is 0 Å². The van der Waals surface area contributed by atoms with Crippen molar-refractivity contribution >= 4 is 24.6 Å². The second-order valence-electron chi connectivity index (χ2n) is 7.72. The van der Waals surface area contributed by atoms with Gasteiger partial charge in [0.2, 0.25) is 0 Å². The van der Waals surface area contributed by atoms with Crippen LogP contribution < -0.4 is 5.32 Å². The van der Waals surface area contributed by atoms with Crippen molar-refractivity contribution in [2.24, 2.45) is 0 Å². The van der Waals surface area contributed by atoms with Crippen LogP contribution in [0.3, 0.4) is 0 Å². The normalized spacial score (nSPS) is 12.9. The van der Waals surface area contributed by atoms with E-state index in [4.69, 9.17) is 9.47 Å². The predicted octanol–water partition coefficient (Wildman–Crippen LogP) is 3.91. The van der Waals surface area contributed by atoms with Gasteiger partial charge in [-0.1, -0.05) is 36.9 Å². The van der Waals surface area contributed by atoms with Gasteiger partial charge in [0.1, 0.15) is 17.2 Å². The van der Waals surface area contributed by atoms with E-state index in [0.29, 0.717) is 0 Å². The fourth-order valence-electron chi connectivity index (χ4n) is 2.25. The summed E-state index contributed by atoms with van der Waals surface area (Å²) < 4.78 is 10.9. The highest BCUT2D eigenvalue weighted by Gasteiger charge is 2.36. The first-order valence-corrected chi connectivity index (χ1v) is 9.11. The van der Waals surface area contributed by atoms with Crippen molar-refractivity contribution in [3.63, 3.8) is 0 Å². The molecule has 1 atom stereocenters. The number of nitrogens with zero attached hydrogens (tertiary/aromatic N) is 1. The lowest BCUT2D eigenvalue weighted by atomic mass is 10.1. The summed E-state index contributed by atoms with van der Waals surface area (Å²) in [6.07, 6.45) is -0.370. The molecule has 0 aliphatic rings. The number of hydrogen-bond acceptors (Lipinski definition) is 5. The zero-order valence-electron chi connectivity index (χ0n) is 16.9. The number of amides is 2. The Kier molecular flexibility index (Phi) is 7.92. The molecule has 1 aromatic rings. The molecule has 1 rings (SSSR count). The number of esters is 1. The molecular formula is C20H30N2O4S. The Morgan fingerprint density at radius 3 is 2.19 bits per heavy atom. The molecule has 0 heterocycles. The Morgan fingerprint density at radius 1 is 1.19 bits per heavy atom. The standard InChI is InChI=1S/C20H30N2O4S/c1-14(27)22(13-16(25-7)15-11-9-8-10-12-15)18(24)21-20(5,6)17(23)26-19(2,3)4/h8-12,16,27H,1,13H2,2-7H3,(H,21,24). The number of rotatable bonds is 7. The van der Waals surface area contributed by atoms with Crippen molar-refractivity contribution in [2.75, 3.05) is 13.7 Å². The van der Waals surface area contributed by atoms with Crippen molar-refractivity contribution in [2.45, 2.75) is 51.9 Å². The number of hydrogen-bond donors (Lipinski definition) is 2. The Hall–Kier alpha value is -1.99. The summed E-state index contributed by atoms with van der Waals surface area (Å²) in [5.74, 6) is -0.528. The van der Waals surface area contributed by atoms with Crippen molar-refractivity contribution in [3.05, 3.63) is 47.5 Å². The third kappa shape index (κ3) is 7.27. The van der Waals surface area contributed by atoms with Gasteiger partial charge in [-0.3, -0.25) is 4.90 Å². The average Bonchev–Trinajstić information content (AvgIpc) is 2.54. The van der Waals surface area contributed by atoms with Gasteiger partial charge >= 0.3 is 12.0 Å². The maximum Gasteiger partial charge on any atom is 0.331 e. The van der Waals surface area contributed by atoms with Gasteiger partial charge in [-0.15, -0.1) is 12.6 Å². The van der Waals surface area contributed by atoms with Gasteiger partial charge in [-0.25, -0.2) is 9.59 Å². The topological polar surface area (TPSA) is 67.9 Å². The minimum absolute atomic E-state index is 0.194. The molecule has 0 radical (unpaired) electrons. The molecule has 150 valence electrons. The summed E-state index contributed by atoms with van der Waals surface area (Å²) in [5.41, 5.74) is -0.958. The Labute approximate surface area is 167 Å². The number of carbonyl (C=O) groups is 2. The SMILES string of the molecule is C=C(S)N(CC(OC)c1ccccc1)C(=O)NC(C)(C)C(=O)OC(C)(C)C. The van der Waals surface area contributed by atoms with Crippen LogP contribution in [-0.4, -0.2) is 41.7 Å². The van der Waals surface area contributed by atoms with Crippen LogP contribution in [0.5, 0.6) is 0 Å². The van der Waals surface area contributed by atoms with Crippen LogP contribution in [0.1, 0.15) is 46.3 Å². The Morgan fingerprint density at radius 2 is 1.74 bits per heavy atom. The fraction of sp³-hybridized carbons (Fsp3) is 0.500. The van der Waals surface area contributed by atoms with Crippen LogP contribution in [0.15, 0.2) is 41.9 Å². The van der Waals surface area contributed by atoms with E-state index in [1.165, 1.54) is 4.90 Å². The molecule has 0 saturated heterocycles. The molecule has 0 saturated carbocycles. The van der Waals surface area contributed by atoms with Crippen molar-refractivity contribution in [1.82, 2.24) is 10.2 Å². The largest absolute Gasteiger partial charge is 0.458 e. The van der Waals surface area contributed by atoms with Gasteiger partial charge in [-0.2, -0.15) is 0 Å². The number of nitrogens with one attached hydrogen (secondary N) is 1. The molecule has 0 aromatic heterocycles. The molecule has 1 N–H and O–H groups in total. The van der Waals surface area contributed by atoms with Crippen LogP contribution in [0.25, 0.3) is 0 Å². The van der Waals surface area contributed by atoms with Gasteiger partial charge in [-0.05, 0) is 40.2 Å². The fourth-order valence-corrected chi connectivity index (χ4v) is 2.42. The molecule has 0 aliphatic carbocycles. The van der Waals surface area contributed by atoms with E-state index in [1.807, 2.05) is 30.3 Å². The summed E-state index contributed by atoms with van der Waals surface area (Å²) in [6.45, 7) is 12.4. The van der Waals surface area contributed by atoms with Crippen molar-refractivity contribution in [3.8, 4) is 0 Å². The maximum absolute atomic E-state index is 12.8. The summed E-state index contributed by atoms with van der Waals surface area (Å²) in [4.78, 5) is 26.5. The van der Waals surface area contributed by atoms with Crippen molar-refractivity contribution < 1.29 is 19.1 Å². The molecule has 0 aliphatic heterocycles. The van der Waals surface area contributed by atoms with E-state index < -0.39 is 23.1 Å². The summed E-state index contributed by atoms with van der Waals surface area (Å²) in [7, 11) is 1.57. The molecule has 7 heteroatoms. The number of methoxy groups -OCH3 is 1. The summed E-state index contributed by atoms with van der Waals surface area (Å²) in [5, 5.41) is 2.93. The molecule has 1 aromatic carbocycles. The summed E-state index contributed by atoms with van der Waals surface area (Å²) >= 11 is 4.23. The minimum atomic E-state index is -1.22. The number of thiol groups is 1. The predicted molar refractivity (Wildman–Crippen MR) is 109 cm³/mol. The second kappa shape index (κ2) is 9.28. The molecule has 1 unspecified atom stereocenters. The first-order chi connectivity index (χ1) is 12.4. The molecular weight excluding hydrogens is 364 g/mol. The molecule has 0 fully saturated rings. The highest BCUT2D eigenvalue weighted by atomic mass is 32.1. The third-order valence-electron chi connectivity index (χ3n) is 3.69. The molecule has 6 nitrogen and oxygen atoms in total. The number of urea groups is 1. The van der Waals surface area contributed by atoms with Crippen LogP contribution in [0.2, 0.25) is 0 Å². The number of ether oxygens (including phenoxy) is 2. The Balaban J connectivity index is 2.92. The number of carbonyl (C=O) groups excluding carboxylic acids is 2. The van der Waals surface area contributed by atoms with Gasteiger partial charge in [0.25, 0.3) is 0 Å². The molecule has 2 amide bonds. The lowest BCUT2D eigenvalue weighted by Crippen LogP contribution is -2.55. The lowest BCUT2D eigenvalue weighted by molar-refractivity contribution is -0.161. The van der Waals surface area contributed by atoms with Crippen LogP contribution in [-0.2, 0) is 14.3 Å². The van der Waals surface area contributed by atoms with E-state index in [-0.39, 0.29) is 17.7 Å². The maximum atomic E-state index is 12.8. The zero-order valence-corrected chi connectivity index (χ0v) is 17.8. The van der Waals surface area contributed by atoms with E-state index in [2.05, 4.69) is 24.5 Å². The quantitative estimate of drug-likeness (QED) is 0.544. The minimum Gasteiger partial charge on any atom is -0.458 e. The smallest absolute Gasteiger partial charge is 0.331 e. The monoisotopic (exact) mass is 394 g/mol. The molecule has 27 heavy (non-hydrogen) atoms. The Bertz CT molecular complexity index is 668. The molecule has 0 spiro atoms. The first kappa shape index (κ1) is 23.0. The van der Waals surface area contributed by atoms with Crippen LogP contribution in [0.4, 0.5) is 4.79 Å². The average molecular weight is 395 g/mol. The summed E-state index contributed by atoms with van der Waals surface area (Å²) in [6, 6.07) is 9.01. The van der Waals surface area contributed by atoms with Gasteiger partial charge < -0.3 is 14.8 Å². The number of benzene rings is 1. The van der Waals surface area contributed by atoms with E-state index in [9.17, 15) is 9.59 Å².